The predicted molar refractivity (Wildman–Crippen MR) is 60.2 cm³/mol. The lowest BCUT2D eigenvalue weighted by molar-refractivity contribution is -0.109. The van der Waals surface area contributed by atoms with Gasteiger partial charge in [0.15, 0.2) is 0 Å². The minimum Gasteiger partial charge on any atom is -0.356 e. The maximum Gasteiger partial charge on any atom is 0.147 e. The molecule has 0 rings (SSSR count). The summed E-state index contributed by atoms with van der Waals surface area (Å²) in [6, 6.07) is 0. The van der Waals surface area contributed by atoms with Crippen molar-refractivity contribution in [1.82, 2.24) is 0 Å². The monoisotopic (exact) mass is 202 g/mol. The highest BCUT2D eigenvalue weighted by Gasteiger charge is 2.24. The molecule has 0 aliphatic rings. The Morgan fingerprint density at radius 3 is 1.79 bits per heavy atom. The zero-order chi connectivity index (χ0) is 11.1. The second-order valence-electron chi connectivity index (χ2n) is 4.55. The molecule has 0 fully saturated rings. The molecule has 0 spiro atoms. The summed E-state index contributed by atoms with van der Waals surface area (Å²) in [6.45, 7) is 14.3. The highest BCUT2D eigenvalue weighted by molar-refractivity contribution is 4.72. The van der Waals surface area contributed by atoms with Crippen molar-refractivity contribution in [3.8, 4) is 0 Å². The minimum atomic E-state index is 0.279. The van der Waals surface area contributed by atoms with Gasteiger partial charge in [-0.25, -0.2) is 0 Å². The molecular formula is C12H26O2. The van der Waals surface area contributed by atoms with E-state index in [4.69, 9.17) is 9.47 Å². The molecule has 2 heteroatoms. The van der Waals surface area contributed by atoms with Crippen LogP contribution in [0.1, 0.15) is 41.5 Å². The van der Waals surface area contributed by atoms with Gasteiger partial charge in [0.25, 0.3) is 0 Å². The van der Waals surface area contributed by atoms with Crippen LogP contribution in [-0.2, 0) is 9.47 Å². The van der Waals surface area contributed by atoms with E-state index in [-0.39, 0.29) is 6.10 Å². The molecule has 0 heterocycles. The smallest absolute Gasteiger partial charge is 0.147 e. The molecule has 86 valence electrons. The summed E-state index contributed by atoms with van der Waals surface area (Å²) in [5.74, 6) is 1.92. The van der Waals surface area contributed by atoms with E-state index < -0.39 is 0 Å². The van der Waals surface area contributed by atoms with Gasteiger partial charge in [-0.2, -0.15) is 0 Å². The molecular weight excluding hydrogens is 176 g/mol. The first-order chi connectivity index (χ1) is 6.50. The predicted octanol–water partition coefficient (Wildman–Crippen LogP) is 3.31. The van der Waals surface area contributed by atoms with Crippen molar-refractivity contribution >= 4 is 0 Å². The fraction of sp³-hybridized carbons (Fsp3) is 1.00. The zero-order valence-electron chi connectivity index (χ0n) is 10.5. The van der Waals surface area contributed by atoms with E-state index in [0.717, 1.165) is 6.61 Å². The molecule has 0 radical (unpaired) electrons. The van der Waals surface area contributed by atoms with Crippen LogP contribution in [-0.4, -0.2) is 19.5 Å². The molecule has 0 aromatic carbocycles. The first-order valence-corrected chi connectivity index (χ1v) is 5.70. The average Bonchev–Trinajstić information content (AvgIpc) is 2.03. The van der Waals surface area contributed by atoms with Crippen LogP contribution in [0.5, 0.6) is 0 Å². The second kappa shape index (κ2) is 7.24. The van der Waals surface area contributed by atoms with Crippen molar-refractivity contribution in [2.45, 2.75) is 47.6 Å². The molecule has 0 saturated heterocycles. The van der Waals surface area contributed by atoms with E-state index in [2.05, 4.69) is 34.6 Å². The van der Waals surface area contributed by atoms with Crippen LogP contribution in [0.3, 0.4) is 0 Å². The SMILES string of the molecule is CCOCOC(C)C(C(C)C)C(C)C. The van der Waals surface area contributed by atoms with Gasteiger partial charge in [0.2, 0.25) is 0 Å². The van der Waals surface area contributed by atoms with Crippen LogP contribution in [0.4, 0.5) is 0 Å². The zero-order valence-corrected chi connectivity index (χ0v) is 10.5. The van der Waals surface area contributed by atoms with E-state index in [1.807, 2.05) is 6.92 Å². The lowest BCUT2D eigenvalue weighted by atomic mass is 9.82. The summed E-state index contributed by atoms with van der Waals surface area (Å²) in [4.78, 5) is 0. The molecule has 2 nitrogen and oxygen atoms in total. The summed E-state index contributed by atoms with van der Waals surface area (Å²) >= 11 is 0. The summed E-state index contributed by atoms with van der Waals surface area (Å²) < 4.78 is 10.8. The Kier molecular flexibility index (Phi) is 7.20. The van der Waals surface area contributed by atoms with Gasteiger partial charge >= 0.3 is 0 Å². The van der Waals surface area contributed by atoms with Crippen molar-refractivity contribution in [3.05, 3.63) is 0 Å². The molecule has 0 bridgehead atoms. The fourth-order valence-electron chi connectivity index (χ4n) is 2.20. The standard InChI is InChI=1S/C12H26O2/c1-7-13-8-14-11(6)12(9(2)3)10(4)5/h9-12H,7-8H2,1-6H3. The maximum absolute atomic E-state index is 5.64. The first kappa shape index (κ1) is 13.9. The van der Waals surface area contributed by atoms with E-state index in [1.165, 1.54) is 0 Å². The van der Waals surface area contributed by atoms with Crippen LogP contribution in [0.25, 0.3) is 0 Å². The molecule has 0 amide bonds. The van der Waals surface area contributed by atoms with Crippen LogP contribution >= 0.6 is 0 Å². The molecule has 14 heavy (non-hydrogen) atoms. The van der Waals surface area contributed by atoms with Crippen molar-refractivity contribution in [2.75, 3.05) is 13.4 Å². The molecule has 0 aromatic heterocycles. The Morgan fingerprint density at radius 2 is 1.43 bits per heavy atom. The second-order valence-corrected chi connectivity index (χ2v) is 4.55. The largest absolute Gasteiger partial charge is 0.356 e. The number of rotatable bonds is 7. The fourth-order valence-corrected chi connectivity index (χ4v) is 2.20. The van der Waals surface area contributed by atoms with Gasteiger partial charge in [-0.1, -0.05) is 27.7 Å². The molecule has 0 aliphatic carbocycles. The molecule has 1 atom stereocenters. The molecule has 1 unspecified atom stereocenters. The Balaban J connectivity index is 3.96. The van der Waals surface area contributed by atoms with Crippen LogP contribution in [0, 0.1) is 17.8 Å². The maximum atomic E-state index is 5.64. The van der Waals surface area contributed by atoms with E-state index >= 15 is 0 Å². The van der Waals surface area contributed by atoms with Crippen LogP contribution in [0.2, 0.25) is 0 Å². The number of ether oxygens (including phenoxy) is 2. The molecule has 0 aliphatic heterocycles. The molecule has 0 aromatic rings. The lowest BCUT2D eigenvalue weighted by Crippen LogP contribution is -2.30. The van der Waals surface area contributed by atoms with Gasteiger partial charge in [-0.3, -0.25) is 0 Å². The quantitative estimate of drug-likeness (QED) is 0.466. The third-order valence-electron chi connectivity index (χ3n) is 2.70. The van der Waals surface area contributed by atoms with Gasteiger partial charge in [0.1, 0.15) is 6.79 Å². The molecule has 0 saturated carbocycles. The van der Waals surface area contributed by atoms with Gasteiger partial charge in [-0.15, -0.1) is 0 Å². The van der Waals surface area contributed by atoms with Crippen molar-refractivity contribution < 1.29 is 9.47 Å². The summed E-state index contributed by atoms with van der Waals surface area (Å²) in [7, 11) is 0. The minimum absolute atomic E-state index is 0.279. The van der Waals surface area contributed by atoms with Gasteiger partial charge < -0.3 is 9.47 Å². The Morgan fingerprint density at radius 1 is 0.929 bits per heavy atom. The van der Waals surface area contributed by atoms with Gasteiger partial charge in [-0.05, 0) is 31.6 Å². The Bertz CT molecular complexity index is 124. The third kappa shape index (κ3) is 4.97. The lowest BCUT2D eigenvalue weighted by Gasteiger charge is -2.30. The highest BCUT2D eigenvalue weighted by Crippen LogP contribution is 2.25. The van der Waals surface area contributed by atoms with Gasteiger partial charge in [0.05, 0.1) is 6.10 Å². The summed E-state index contributed by atoms with van der Waals surface area (Å²) in [6.07, 6.45) is 0.279. The van der Waals surface area contributed by atoms with E-state index in [9.17, 15) is 0 Å². The van der Waals surface area contributed by atoms with Crippen LogP contribution < -0.4 is 0 Å². The normalized spacial score (nSPS) is 14.4. The van der Waals surface area contributed by atoms with E-state index in [1.54, 1.807) is 0 Å². The summed E-state index contributed by atoms with van der Waals surface area (Å²) in [5.41, 5.74) is 0. The van der Waals surface area contributed by atoms with E-state index in [0.29, 0.717) is 24.5 Å². The van der Waals surface area contributed by atoms with Gasteiger partial charge in [0, 0.05) is 6.61 Å². The van der Waals surface area contributed by atoms with Crippen molar-refractivity contribution in [1.29, 1.82) is 0 Å². The average molecular weight is 202 g/mol. The van der Waals surface area contributed by atoms with Crippen molar-refractivity contribution in [2.24, 2.45) is 17.8 Å². The van der Waals surface area contributed by atoms with Crippen LogP contribution in [0.15, 0.2) is 0 Å². The molecule has 0 N–H and O–H groups in total. The highest BCUT2D eigenvalue weighted by atomic mass is 16.7. The third-order valence-corrected chi connectivity index (χ3v) is 2.70. The number of hydrogen-bond donors (Lipinski definition) is 0. The summed E-state index contributed by atoms with van der Waals surface area (Å²) in [5, 5.41) is 0. The topological polar surface area (TPSA) is 18.5 Å². The van der Waals surface area contributed by atoms with Crippen molar-refractivity contribution in [3.63, 3.8) is 0 Å². The Labute approximate surface area is 89.0 Å². The first-order valence-electron chi connectivity index (χ1n) is 5.70. The Hall–Kier alpha value is -0.0800. The number of hydrogen-bond acceptors (Lipinski definition) is 2.